The SMILES string of the molecule is CCCNCc1ccc(OCC(C)(C)C(=O)O)c(Cl)c1. The minimum atomic E-state index is -0.940. The van der Waals surface area contributed by atoms with Gasteiger partial charge in [0.05, 0.1) is 10.4 Å². The fourth-order valence-electron chi connectivity index (χ4n) is 1.50. The van der Waals surface area contributed by atoms with Crippen molar-refractivity contribution < 1.29 is 14.6 Å². The number of hydrogen-bond acceptors (Lipinski definition) is 3. The molecule has 0 unspecified atom stereocenters. The lowest BCUT2D eigenvalue weighted by Crippen LogP contribution is -2.30. The third kappa shape index (κ3) is 5.02. The minimum absolute atomic E-state index is 0.0789. The van der Waals surface area contributed by atoms with Gasteiger partial charge in [-0.25, -0.2) is 0 Å². The molecule has 1 aromatic rings. The highest BCUT2D eigenvalue weighted by Gasteiger charge is 2.28. The van der Waals surface area contributed by atoms with E-state index >= 15 is 0 Å². The van der Waals surface area contributed by atoms with Gasteiger partial charge in [0.15, 0.2) is 0 Å². The molecule has 2 N–H and O–H groups in total. The second kappa shape index (κ2) is 7.50. The highest BCUT2D eigenvalue weighted by Crippen LogP contribution is 2.27. The normalized spacial score (nSPS) is 11.4. The number of carboxylic acid groups (broad SMARTS) is 1. The summed E-state index contributed by atoms with van der Waals surface area (Å²) in [5.74, 6) is -0.380. The molecule has 0 amide bonds. The first-order chi connectivity index (χ1) is 9.36. The number of nitrogens with one attached hydrogen (secondary N) is 1. The van der Waals surface area contributed by atoms with Crippen molar-refractivity contribution in [2.45, 2.75) is 33.7 Å². The molecule has 112 valence electrons. The summed E-state index contributed by atoms with van der Waals surface area (Å²) in [4.78, 5) is 11.0. The zero-order valence-corrected chi connectivity index (χ0v) is 13.0. The number of aliphatic carboxylic acids is 1. The number of halogens is 1. The van der Waals surface area contributed by atoms with E-state index in [-0.39, 0.29) is 6.61 Å². The van der Waals surface area contributed by atoms with Crippen LogP contribution in [-0.4, -0.2) is 24.2 Å². The van der Waals surface area contributed by atoms with Crippen molar-refractivity contribution in [2.24, 2.45) is 5.41 Å². The summed E-state index contributed by atoms with van der Waals surface area (Å²) < 4.78 is 5.51. The molecule has 5 heteroatoms. The van der Waals surface area contributed by atoms with Gasteiger partial charge in [-0.05, 0) is 44.5 Å². The Morgan fingerprint density at radius 3 is 2.70 bits per heavy atom. The van der Waals surface area contributed by atoms with Gasteiger partial charge in [0, 0.05) is 6.54 Å². The van der Waals surface area contributed by atoms with Crippen LogP contribution in [0.4, 0.5) is 0 Å². The van der Waals surface area contributed by atoms with Crippen molar-refractivity contribution in [1.29, 1.82) is 0 Å². The number of ether oxygens (including phenoxy) is 1. The third-order valence-corrected chi connectivity index (χ3v) is 3.22. The molecule has 0 heterocycles. The van der Waals surface area contributed by atoms with Crippen LogP contribution in [-0.2, 0) is 11.3 Å². The molecule has 0 bridgehead atoms. The molecule has 0 aliphatic carbocycles. The summed E-state index contributed by atoms with van der Waals surface area (Å²) in [6, 6.07) is 5.55. The van der Waals surface area contributed by atoms with Gasteiger partial charge >= 0.3 is 5.97 Å². The van der Waals surface area contributed by atoms with Crippen LogP contribution in [0.25, 0.3) is 0 Å². The first kappa shape index (κ1) is 16.8. The Hall–Kier alpha value is -1.26. The number of carbonyl (C=O) groups is 1. The van der Waals surface area contributed by atoms with Crippen LogP contribution in [0.2, 0.25) is 5.02 Å². The van der Waals surface area contributed by atoms with Gasteiger partial charge in [0.1, 0.15) is 12.4 Å². The molecule has 0 radical (unpaired) electrons. The van der Waals surface area contributed by atoms with E-state index in [2.05, 4.69) is 12.2 Å². The summed E-state index contributed by atoms with van der Waals surface area (Å²) in [6.45, 7) is 7.15. The van der Waals surface area contributed by atoms with Crippen LogP contribution in [0.3, 0.4) is 0 Å². The first-order valence-electron chi connectivity index (χ1n) is 6.72. The van der Waals surface area contributed by atoms with E-state index in [1.807, 2.05) is 12.1 Å². The summed E-state index contributed by atoms with van der Waals surface area (Å²) >= 11 is 6.15. The summed E-state index contributed by atoms with van der Waals surface area (Å²) in [6.07, 6.45) is 1.08. The van der Waals surface area contributed by atoms with Gasteiger partial charge in [-0.1, -0.05) is 24.6 Å². The predicted molar refractivity (Wildman–Crippen MR) is 80.4 cm³/mol. The van der Waals surface area contributed by atoms with Gasteiger partial charge in [-0.15, -0.1) is 0 Å². The van der Waals surface area contributed by atoms with E-state index < -0.39 is 11.4 Å². The predicted octanol–water partition coefficient (Wildman–Crippen LogP) is 3.33. The summed E-state index contributed by atoms with van der Waals surface area (Å²) in [7, 11) is 0. The fourth-order valence-corrected chi connectivity index (χ4v) is 1.76. The van der Waals surface area contributed by atoms with Crippen molar-refractivity contribution in [3.05, 3.63) is 28.8 Å². The smallest absolute Gasteiger partial charge is 0.312 e. The highest BCUT2D eigenvalue weighted by molar-refractivity contribution is 6.32. The standard InChI is InChI=1S/C15H22ClNO3/c1-4-7-17-9-11-5-6-13(12(16)8-11)20-10-15(2,3)14(18)19/h5-6,8,17H,4,7,9-10H2,1-3H3,(H,18,19). The molecule has 0 spiro atoms. The zero-order valence-electron chi connectivity index (χ0n) is 12.2. The molecular formula is C15H22ClNO3. The first-order valence-corrected chi connectivity index (χ1v) is 7.10. The second-order valence-corrected chi connectivity index (χ2v) is 5.83. The van der Waals surface area contributed by atoms with Gasteiger partial charge in [0.25, 0.3) is 0 Å². The molecule has 1 aromatic carbocycles. The average molecular weight is 300 g/mol. The lowest BCUT2D eigenvalue weighted by molar-refractivity contribution is -0.148. The zero-order chi connectivity index (χ0) is 15.2. The van der Waals surface area contributed by atoms with Crippen LogP contribution in [0, 0.1) is 5.41 Å². The van der Waals surface area contributed by atoms with Crippen LogP contribution < -0.4 is 10.1 Å². The van der Waals surface area contributed by atoms with Gasteiger partial charge in [0.2, 0.25) is 0 Å². The Labute approximate surface area is 125 Å². The molecule has 0 saturated carbocycles. The van der Waals surface area contributed by atoms with Crippen molar-refractivity contribution >= 4 is 17.6 Å². The molecule has 0 atom stereocenters. The number of hydrogen-bond donors (Lipinski definition) is 2. The molecule has 0 saturated heterocycles. The number of carboxylic acids is 1. The largest absolute Gasteiger partial charge is 0.491 e. The Morgan fingerprint density at radius 2 is 2.15 bits per heavy atom. The fraction of sp³-hybridized carbons (Fsp3) is 0.533. The van der Waals surface area contributed by atoms with E-state index in [4.69, 9.17) is 21.4 Å². The molecule has 0 aliphatic heterocycles. The molecule has 1 rings (SSSR count). The Balaban J connectivity index is 2.62. The maximum atomic E-state index is 11.0. The topological polar surface area (TPSA) is 58.6 Å². The highest BCUT2D eigenvalue weighted by atomic mass is 35.5. The van der Waals surface area contributed by atoms with Crippen LogP contribution in [0.1, 0.15) is 32.8 Å². The van der Waals surface area contributed by atoms with E-state index in [0.717, 1.165) is 25.1 Å². The van der Waals surface area contributed by atoms with Gasteiger partial charge < -0.3 is 15.2 Å². The molecule has 0 aliphatic rings. The van der Waals surface area contributed by atoms with Crippen LogP contribution in [0.15, 0.2) is 18.2 Å². The van der Waals surface area contributed by atoms with Gasteiger partial charge in [-0.2, -0.15) is 0 Å². The lowest BCUT2D eigenvalue weighted by Gasteiger charge is -2.20. The van der Waals surface area contributed by atoms with Crippen molar-refractivity contribution in [3.63, 3.8) is 0 Å². The number of rotatable bonds is 8. The molecular weight excluding hydrogens is 278 g/mol. The van der Waals surface area contributed by atoms with Crippen LogP contribution >= 0.6 is 11.6 Å². The van der Waals surface area contributed by atoms with Gasteiger partial charge in [-0.3, -0.25) is 4.79 Å². The molecule has 0 fully saturated rings. The second-order valence-electron chi connectivity index (χ2n) is 5.42. The Bertz CT molecular complexity index is 460. The molecule has 20 heavy (non-hydrogen) atoms. The minimum Gasteiger partial charge on any atom is -0.491 e. The monoisotopic (exact) mass is 299 g/mol. The Morgan fingerprint density at radius 1 is 1.45 bits per heavy atom. The summed E-state index contributed by atoms with van der Waals surface area (Å²) in [5, 5.41) is 12.8. The number of benzene rings is 1. The molecule has 4 nitrogen and oxygen atoms in total. The van der Waals surface area contributed by atoms with Crippen molar-refractivity contribution in [3.8, 4) is 5.75 Å². The van der Waals surface area contributed by atoms with E-state index in [9.17, 15) is 4.79 Å². The molecule has 0 aromatic heterocycles. The van der Waals surface area contributed by atoms with E-state index in [1.165, 1.54) is 0 Å². The average Bonchev–Trinajstić information content (AvgIpc) is 2.38. The van der Waals surface area contributed by atoms with Crippen molar-refractivity contribution in [1.82, 2.24) is 5.32 Å². The van der Waals surface area contributed by atoms with Crippen LogP contribution in [0.5, 0.6) is 5.75 Å². The van der Waals surface area contributed by atoms with Crippen molar-refractivity contribution in [2.75, 3.05) is 13.2 Å². The maximum Gasteiger partial charge on any atom is 0.312 e. The summed E-state index contributed by atoms with van der Waals surface area (Å²) in [5.41, 5.74) is 0.137. The quantitative estimate of drug-likeness (QED) is 0.723. The lowest BCUT2D eigenvalue weighted by atomic mass is 9.95. The Kier molecular flexibility index (Phi) is 6.30. The van der Waals surface area contributed by atoms with E-state index in [1.54, 1.807) is 19.9 Å². The third-order valence-electron chi connectivity index (χ3n) is 2.92. The maximum absolute atomic E-state index is 11.0. The van der Waals surface area contributed by atoms with E-state index in [0.29, 0.717) is 10.8 Å².